The van der Waals surface area contributed by atoms with Gasteiger partial charge >= 0.3 is 0 Å². The van der Waals surface area contributed by atoms with E-state index in [-0.39, 0.29) is 16.3 Å². The molecule has 0 aromatic heterocycles. The molecule has 0 saturated carbocycles. The summed E-state index contributed by atoms with van der Waals surface area (Å²) >= 11 is 11.0. The van der Waals surface area contributed by atoms with Crippen molar-refractivity contribution < 1.29 is 13.9 Å². The van der Waals surface area contributed by atoms with Gasteiger partial charge in [0, 0.05) is 28.8 Å². The second-order valence-electron chi connectivity index (χ2n) is 5.95. The van der Waals surface area contributed by atoms with Crippen molar-refractivity contribution in [2.24, 2.45) is 0 Å². The number of carbonyl (C=O) groups is 1. The number of ether oxygens (including phenoxy) is 1. The standard InChI is InChI=1S/C19H18BrClFNO2S/c1-25-17-6-4-13(20)11-14(17)19-23(8-9-26-19)18(24)7-3-12-2-5-16(22)15(21)10-12/h2,4-6,10-11,19H,3,7-9H2,1H3. The van der Waals surface area contributed by atoms with Gasteiger partial charge in [0.05, 0.1) is 12.1 Å². The van der Waals surface area contributed by atoms with Crippen LogP contribution < -0.4 is 4.74 Å². The fourth-order valence-electron chi connectivity index (χ4n) is 2.97. The van der Waals surface area contributed by atoms with E-state index in [1.54, 1.807) is 31.0 Å². The fourth-order valence-corrected chi connectivity index (χ4v) is 4.85. The number of aryl methyl sites for hydroxylation is 1. The molecular weight excluding hydrogens is 441 g/mol. The van der Waals surface area contributed by atoms with Gasteiger partial charge in [-0.25, -0.2) is 4.39 Å². The number of hydrogen-bond acceptors (Lipinski definition) is 3. The molecule has 1 heterocycles. The van der Waals surface area contributed by atoms with Crippen molar-refractivity contribution in [2.45, 2.75) is 18.2 Å². The van der Waals surface area contributed by atoms with Gasteiger partial charge in [0.2, 0.25) is 5.91 Å². The van der Waals surface area contributed by atoms with Crippen molar-refractivity contribution in [1.29, 1.82) is 0 Å². The molecule has 3 rings (SSSR count). The molecule has 1 saturated heterocycles. The van der Waals surface area contributed by atoms with Crippen molar-refractivity contribution in [1.82, 2.24) is 4.90 Å². The number of amides is 1. The Morgan fingerprint density at radius 3 is 2.92 bits per heavy atom. The average Bonchev–Trinajstić information content (AvgIpc) is 3.12. The summed E-state index contributed by atoms with van der Waals surface area (Å²) in [5.41, 5.74) is 1.84. The fraction of sp³-hybridized carbons (Fsp3) is 0.316. The number of halogens is 3. The molecule has 138 valence electrons. The second kappa shape index (κ2) is 8.63. The molecule has 0 aliphatic carbocycles. The van der Waals surface area contributed by atoms with Gasteiger partial charge in [0.25, 0.3) is 0 Å². The number of carbonyl (C=O) groups excluding carboxylic acids is 1. The van der Waals surface area contributed by atoms with E-state index in [1.165, 1.54) is 6.07 Å². The number of rotatable bonds is 5. The van der Waals surface area contributed by atoms with Crippen LogP contribution >= 0.6 is 39.3 Å². The number of methoxy groups -OCH3 is 1. The summed E-state index contributed by atoms with van der Waals surface area (Å²) in [5.74, 6) is 1.28. The van der Waals surface area contributed by atoms with E-state index in [2.05, 4.69) is 15.9 Å². The van der Waals surface area contributed by atoms with E-state index in [9.17, 15) is 9.18 Å². The van der Waals surface area contributed by atoms with Gasteiger partial charge in [-0.15, -0.1) is 11.8 Å². The number of nitrogens with zero attached hydrogens (tertiary/aromatic N) is 1. The SMILES string of the molecule is COc1ccc(Br)cc1C1SCCN1C(=O)CCc1ccc(F)c(Cl)c1. The molecule has 0 spiro atoms. The van der Waals surface area contributed by atoms with Crippen LogP contribution in [-0.4, -0.2) is 30.2 Å². The average molecular weight is 459 g/mol. The highest BCUT2D eigenvalue weighted by molar-refractivity contribution is 9.10. The minimum atomic E-state index is -0.445. The first-order chi connectivity index (χ1) is 12.5. The van der Waals surface area contributed by atoms with E-state index < -0.39 is 5.82 Å². The summed E-state index contributed by atoms with van der Waals surface area (Å²) in [6, 6.07) is 10.4. The number of hydrogen-bond donors (Lipinski definition) is 0. The van der Waals surface area contributed by atoms with E-state index in [0.717, 1.165) is 27.1 Å². The first-order valence-electron chi connectivity index (χ1n) is 8.18. The molecule has 1 atom stereocenters. The van der Waals surface area contributed by atoms with Crippen molar-refractivity contribution in [3.63, 3.8) is 0 Å². The van der Waals surface area contributed by atoms with E-state index in [1.807, 2.05) is 23.1 Å². The van der Waals surface area contributed by atoms with Gasteiger partial charge in [-0.3, -0.25) is 4.79 Å². The van der Waals surface area contributed by atoms with Crippen LogP contribution in [0.5, 0.6) is 5.75 Å². The summed E-state index contributed by atoms with van der Waals surface area (Å²) in [4.78, 5) is 14.7. The Morgan fingerprint density at radius 1 is 1.38 bits per heavy atom. The van der Waals surface area contributed by atoms with Crippen molar-refractivity contribution in [2.75, 3.05) is 19.4 Å². The molecule has 2 aromatic rings. The molecule has 0 bridgehead atoms. The summed E-state index contributed by atoms with van der Waals surface area (Å²) in [6.45, 7) is 0.702. The lowest BCUT2D eigenvalue weighted by Crippen LogP contribution is -2.30. The van der Waals surface area contributed by atoms with Crippen molar-refractivity contribution in [3.05, 3.63) is 62.8 Å². The van der Waals surface area contributed by atoms with Crippen LogP contribution in [0, 0.1) is 5.82 Å². The topological polar surface area (TPSA) is 29.5 Å². The third-order valence-corrected chi connectivity index (χ3v) is 6.31. The van der Waals surface area contributed by atoms with Crippen LogP contribution in [0.2, 0.25) is 5.02 Å². The Balaban J connectivity index is 1.72. The maximum absolute atomic E-state index is 13.3. The minimum Gasteiger partial charge on any atom is -0.496 e. The molecule has 2 aromatic carbocycles. The summed E-state index contributed by atoms with van der Waals surface area (Å²) in [5, 5.41) is 0.0233. The Labute approximate surface area is 170 Å². The normalized spacial score (nSPS) is 16.8. The van der Waals surface area contributed by atoms with Crippen LogP contribution in [-0.2, 0) is 11.2 Å². The van der Waals surface area contributed by atoms with Gasteiger partial charge in [-0.2, -0.15) is 0 Å². The van der Waals surface area contributed by atoms with E-state index in [4.69, 9.17) is 16.3 Å². The number of thioether (sulfide) groups is 1. The van der Waals surface area contributed by atoms with Gasteiger partial charge in [-0.05, 0) is 42.3 Å². The predicted molar refractivity (Wildman–Crippen MR) is 107 cm³/mol. The summed E-state index contributed by atoms with van der Waals surface area (Å²) in [6.07, 6.45) is 0.887. The smallest absolute Gasteiger partial charge is 0.224 e. The highest BCUT2D eigenvalue weighted by atomic mass is 79.9. The van der Waals surface area contributed by atoms with Gasteiger partial charge < -0.3 is 9.64 Å². The van der Waals surface area contributed by atoms with Crippen molar-refractivity contribution >= 4 is 45.2 Å². The van der Waals surface area contributed by atoms with E-state index in [0.29, 0.717) is 19.4 Å². The zero-order valence-electron chi connectivity index (χ0n) is 14.2. The number of benzene rings is 2. The molecule has 7 heteroatoms. The third kappa shape index (κ3) is 4.35. The lowest BCUT2D eigenvalue weighted by atomic mass is 10.1. The molecule has 3 nitrogen and oxygen atoms in total. The second-order valence-corrected chi connectivity index (χ2v) is 8.46. The Morgan fingerprint density at radius 2 is 2.19 bits per heavy atom. The van der Waals surface area contributed by atoms with Crippen LogP contribution in [0.1, 0.15) is 22.9 Å². The first-order valence-corrected chi connectivity index (χ1v) is 10.4. The molecular formula is C19H18BrClFNO2S. The Hall–Kier alpha value is -1.24. The van der Waals surface area contributed by atoms with Crippen molar-refractivity contribution in [3.8, 4) is 5.75 Å². The zero-order valence-corrected chi connectivity index (χ0v) is 17.3. The first kappa shape index (κ1) is 19.5. The molecule has 1 amide bonds. The lowest BCUT2D eigenvalue weighted by molar-refractivity contribution is -0.131. The third-order valence-electron chi connectivity index (χ3n) is 4.28. The maximum atomic E-state index is 13.3. The van der Waals surface area contributed by atoms with Gasteiger partial charge in [0.15, 0.2) is 0 Å². The minimum absolute atomic E-state index is 0.0632. The van der Waals surface area contributed by atoms with Crippen LogP contribution in [0.15, 0.2) is 40.9 Å². The largest absolute Gasteiger partial charge is 0.496 e. The lowest BCUT2D eigenvalue weighted by Gasteiger charge is -2.25. The van der Waals surface area contributed by atoms with Gasteiger partial charge in [-0.1, -0.05) is 33.6 Å². The zero-order chi connectivity index (χ0) is 18.7. The highest BCUT2D eigenvalue weighted by Crippen LogP contribution is 2.43. The Kier molecular flexibility index (Phi) is 6.48. The predicted octanol–water partition coefficient (Wildman–Crippen LogP) is 5.46. The van der Waals surface area contributed by atoms with Crippen LogP contribution in [0.4, 0.5) is 4.39 Å². The summed E-state index contributed by atoms with van der Waals surface area (Å²) < 4.78 is 19.7. The maximum Gasteiger partial charge on any atom is 0.224 e. The molecule has 1 unspecified atom stereocenters. The summed E-state index contributed by atoms with van der Waals surface area (Å²) in [7, 11) is 1.64. The molecule has 0 N–H and O–H groups in total. The molecule has 1 aliphatic rings. The molecule has 1 fully saturated rings. The highest BCUT2D eigenvalue weighted by Gasteiger charge is 2.32. The van der Waals surface area contributed by atoms with Crippen LogP contribution in [0.3, 0.4) is 0 Å². The molecule has 1 aliphatic heterocycles. The van der Waals surface area contributed by atoms with Gasteiger partial charge in [0.1, 0.15) is 16.9 Å². The molecule has 26 heavy (non-hydrogen) atoms. The van der Waals surface area contributed by atoms with Crippen LogP contribution in [0.25, 0.3) is 0 Å². The monoisotopic (exact) mass is 457 g/mol. The Bertz CT molecular complexity index is 820. The quantitative estimate of drug-likeness (QED) is 0.596. The molecule has 0 radical (unpaired) electrons. The van der Waals surface area contributed by atoms with E-state index >= 15 is 0 Å².